The Morgan fingerprint density at radius 2 is 1.78 bits per heavy atom. The molecule has 3 heteroatoms. The molecule has 18 heavy (non-hydrogen) atoms. The van der Waals surface area contributed by atoms with Gasteiger partial charge < -0.3 is 4.90 Å². The minimum atomic E-state index is -0.200. The summed E-state index contributed by atoms with van der Waals surface area (Å²) in [4.78, 5) is 24.8. The summed E-state index contributed by atoms with van der Waals surface area (Å²) in [5.41, 5.74) is 0.962. The van der Waals surface area contributed by atoms with E-state index in [-0.39, 0.29) is 11.5 Å². The summed E-state index contributed by atoms with van der Waals surface area (Å²) in [5, 5.41) is 0. The maximum Gasteiger partial charge on any atom is 0.257 e. The maximum absolute atomic E-state index is 12.1. The molecule has 1 aliphatic rings. The fourth-order valence-corrected chi connectivity index (χ4v) is 2.12. The van der Waals surface area contributed by atoms with Gasteiger partial charge in [-0.2, -0.15) is 0 Å². The first-order chi connectivity index (χ1) is 8.81. The number of hydrogen-bond donors (Lipinski definition) is 0. The Bertz CT molecular complexity index is 445. The minimum absolute atomic E-state index is 0.114. The molecule has 1 radical (unpaired) electrons. The van der Waals surface area contributed by atoms with Gasteiger partial charge >= 0.3 is 0 Å². The highest BCUT2D eigenvalue weighted by Crippen LogP contribution is 2.13. The lowest BCUT2D eigenvalue weighted by molar-refractivity contribution is -0.127. The van der Waals surface area contributed by atoms with Crippen LogP contribution in [0.5, 0.6) is 0 Å². The van der Waals surface area contributed by atoms with Crippen molar-refractivity contribution >= 4 is 18.3 Å². The molecule has 0 aliphatic carbocycles. The Kier molecular flexibility index (Phi) is 4.29. The molecule has 1 aliphatic heterocycles. The molecule has 93 valence electrons. The fourth-order valence-electron chi connectivity index (χ4n) is 2.12. The van der Waals surface area contributed by atoms with Crippen molar-refractivity contribution in [3.63, 3.8) is 0 Å². The molecule has 0 bridgehead atoms. The van der Waals surface area contributed by atoms with Crippen LogP contribution in [0.25, 0.3) is 6.08 Å². The lowest BCUT2D eigenvalue weighted by Gasteiger charge is -2.26. The third-order valence-corrected chi connectivity index (χ3v) is 3.09. The number of hydrogen-bond acceptors (Lipinski definition) is 2. The molecule has 1 amide bonds. The number of carbonyl (C=O) groups excluding carboxylic acids is 2. The summed E-state index contributed by atoms with van der Waals surface area (Å²) in [6.45, 7) is 1.49. The first-order valence-corrected chi connectivity index (χ1v) is 6.25. The molecular formula is C15H16NO2. The second-order valence-electron chi connectivity index (χ2n) is 4.42. The number of piperidine rings is 1. The summed E-state index contributed by atoms with van der Waals surface area (Å²) in [6.07, 6.45) is 6.56. The van der Waals surface area contributed by atoms with E-state index in [9.17, 15) is 9.59 Å². The summed E-state index contributed by atoms with van der Waals surface area (Å²) in [7, 11) is 0. The monoisotopic (exact) mass is 242 g/mol. The van der Waals surface area contributed by atoms with Crippen LogP contribution >= 0.6 is 0 Å². The molecule has 3 nitrogen and oxygen atoms in total. The van der Waals surface area contributed by atoms with Crippen LogP contribution in [0.15, 0.2) is 35.9 Å². The molecule has 1 heterocycles. The lowest BCUT2D eigenvalue weighted by atomic mass is 10.1. The number of benzene rings is 1. The van der Waals surface area contributed by atoms with Crippen LogP contribution in [0.4, 0.5) is 0 Å². The highest BCUT2D eigenvalue weighted by atomic mass is 16.2. The van der Waals surface area contributed by atoms with Crippen molar-refractivity contribution in [3.8, 4) is 0 Å². The van der Waals surface area contributed by atoms with Crippen molar-refractivity contribution in [2.75, 3.05) is 13.1 Å². The van der Waals surface area contributed by atoms with E-state index in [4.69, 9.17) is 0 Å². The average molecular weight is 242 g/mol. The predicted molar refractivity (Wildman–Crippen MR) is 70.5 cm³/mol. The quantitative estimate of drug-likeness (QED) is 0.463. The molecule has 0 atom stereocenters. The van der Waals surface area contributed by atoms with E-state index in [1.165, 1.54) is 0 Å². The van der Waals surface area contributed by atoms with Crippen LogP contribution in [-0.2, 0) is 9.59 Å². The first kappa shape index (κ1) is 12.6. The predicted octanol–water partition coefficient (Wildman–Crippen LogP) is 2.19. The Balaban J connectivity index is 2.15. The van der Waals surface area contributed by atoms with Crippen LogP contribution < -0.4 is 0 Å². The van der Waals surface area contributed by atoms with E-state index in [2.05, 4.69) is 0 Å². The number of nitrogens with zero attached hydrogens (tertiary/aromatic N) is 1. The highest BCUT2D eigenvalue weighted by molar-refractivity contribution is 6.14. The highest BCUT2D eigenvalue weighted by Gasteiger charge is 2.20. The molecule has 1 aromatic rings. The van der Waals surface area contributed by atoms with Gasteiger partial charge in [0.2, 0.25) is 6.29 Å². The van der Waals surface area contributed by atoms with E-state index in [1.54, 1.807) is 17.3 Å². The zero-order valence-corrected chi connectivity index (χ0v) is 10.3. The van der Waals surface area contributed by atoms with Crippen molar-refractivity contribution in [1.82, 2.24) is 4.90 Å². The van der Waals surface area contributed by atoms with E-state index in [1.807, 2.05) is 30.3 Å². The van der Waals surface area contributed by atoms with Crippen LogP contribution in [0, 0.1) is 0 Å². The van der Waals surface area contributed by atoms with Gasteiger partial charge in [0, 0.05) is 13.1 Å². The average Bonchev–Trinajstić information content (AvgIpc) is 2.46. The second-order valence-corrected chi connectivity index (χ2v) is 4.42. The van der Waals surface area contributed by atoms with Gasteiger partial charge in [0.05, 0.1) is 5.57 Å². The van der Waals surface area contributed by atoms with Gasteiger partial charge in [-0.15, -0.1) is 0 Å². The largest absolute Gasteiger partial charge is 0.339 e. The molecule has 0 unspecified atom stereocenters. The standard InChI is InChI=1S/C15H16NO2/c17-12-14(11-13-7-3-1-4-8-13)15(18)16-9-5-2-6-10-16/h1,3-4,7-8,11H,2,5-6,9-10H2. The Morgan fingerprint density at radius 3 is 2.39 bits per heavy atom. The van der Waals surface area contributed by atoms with Crippen molar-refractivity contribution in [2.24, 2.45) is 0 Å². The third-order valence-electron chi connectivity index (χ3n) is 3.09. The smallest absolute Gasteiger partial charge is 0.257 e. The molecule has 0 N–H and O–H groups in total. The van der Waals surface area contributed by atoms with Crippen LogP contribution in [-0.4, -0.2) is 30.2 Å². The first-order valence-electron chi connectivity index (χ1n) is 6.25. The number of carbonyl (C=O) groups is 1. The van der Waals surface area contributed by atoms with Gasteiger partial charge in [-0.1, -0.05) is 30.3 Å². The zero-order valence-electron chi connectivity index (χ0n) is 10.3. The minimum Gasteiger partial charge on any atom is -0.339 e. The van der Waals surface area contributed by atoms with Crippen LogP contribution in [0.2, 0.25) is 0 Å². The van der Waals surface area contributed by atoms with Gasteiger partial charge in [0.25, 0.3) is 5.91 Å². The summed E-state index contributed by atoms with van der Waals surface area (Å²) in [5.74, 6) is -0.200. The molecule has 0 saturated carbocycles. The van der Waals surface area contributed by atoms with Gasteiger partial charge in [-0.25, -0.2) is 0 Å². The fraction of sp³-hybridized carbons (Fsp3) is 0.333. The van der Waals surface area contributed by atoms with Crippen molar-refractivity contribution in [2.45, 2.75) is 19.3 Å². The molecule has 1 fully saturated rings. The van der Waals surface area contributed by atoms with Crippen molar-refractivity contribution in [1.29, 1.82) is 0 Å². The zero-order chi connectivity index (χ0) is 12.8. The van der Waals surface area contributed by atoms with E-state index >= 15 is 0 Å². The summed E-state index contributed by atoms with van der Waals surface area (Å²) in [6, 6.07) is 9.37. The van der Waals surface area contributed by atoms with Gasteiger partial charge in [0.15, 0.2) is 0 Å². The topological polar surface area (TPSA) is 37.4 Å². The van der Waals surface area contributed by atoms with Crippen LogP contribution in [0.1, 0.15) is 24.8 Å². The Hall–Kier alpha value is -1.90. The third kappa shape index (κ3) is 3.06. The normalized spacial score (nSPS) is 16.4. The summed E-state index contributed by atoms with van der Waals surface area (Å²) < 4.78 is 0. The van der Waals surface area contributed by atoms with E-state index < -0.39 is 0 Å². The molecule has 1 saturated heterocycles. The molecular weight excluding hydrogens is 226 g/mol. The van der Waals surface area contributed by atoms with Crippen molar-refractivity contribution < 1.29 is 9.59 Å². The van der Waals surface area contributed by atoms with Crippen LogP contribution in [0.3, 0.4) is 0 Å². The van der Waals surface area contributed by atoms with Gasteiger partial charge in [-0.05, 0) is 30.9 Å². The maximum atomic E-state index is 12.1. The van der Waals surface area contributed by atoms with Gasteiger partial charge in [0.1, 0.15) is 0 Å². The SMILES string of the molecule is O=[C]C(=Cc1ccccc1)C(=O)N1CCCCC1. The molecule has 1 aromatic carbocycles. The summed E-state index contributed by atoms with van der Waals surface area (Å²) >= 11 is 0. The van der Waals surface area contributed by atoms with E-state index in [0.717, 1.165) is 37.9 Å². The number of amides is 1. The van der Waals surface area contributed by atoms with Crippen molar-refractivity contribution in [3.05, 3.63) is 41.5 Å². The van der Waals surface area contributed by atoms with Gasteiger partial charge in [-0.3, -0.25) is 9.59 Å². The Morgan fingerprint density at radius 1 is 1.11 bits per heavy atom. The van der Waals surface area contributed by atoms with E-state index in [0.29, 0.717) is 0 Å². The Labute approximate surface area is 107 Å². The number of likely N-dealkylation sites (tertiary alicyclic amines) is 1. The molecule has 0 spiro atoms. The lowest BCUT2D eigenvalue weighted by Crippen LogP contribution is -2.36. The second kappa shape index (κ2) is 6.15. The molecule has 0 aromatic heterocycles. The number of rotatable bonds is 3. The molecule has 2 rings (SSSR count).